The van der Waals surface area contributed by atoms with Crippen LogP contribution in [0.3, 0.4) is 0 Å². The third-order valence-electron chi connectivity index (χ3n) is 3.61. The van der Waals surface area contributed by atoms with Crippen LogP contribution in [0.2, 0.25) is 0 Å². The summed E-state index contributed by atoms with van der Waals surface area (Å²) in [6, 6.07) is 0.352. The van der Waals surface area contributed by atoms with E-state index in [4.69, 9.17) is 4.74 Å². The molecule has 0 spiro atoms. The first-order valence-corrected chi connectivity index (χ1v) is 8.31. The van der Waals surface area contributed by atoms with Gasteiger partial charge in [-0.3, -0.25) is 4.68 Å². The predicted molar refractivity (Wildman–Crippen MR) is 81.0 cm³/mol. The summed E-state index contributed by atoms with van der Waals surface area (Å²) in [5, 5.41) is 8.79. The molecule has 1 N–H and O–H groups in total. The summed E-state index contributed by atoms with van der Waals surface area (Å²) in [5.74, 6) is 2.19. The van der Waals surface area contributed by atoms with Crippen molar-refractivity contribution in [1.29, 1.82) is 0 Å². The third kappa shape index (κ3) is 3.26. The van der Waals surface area contributed by atoms with E-state index in [2.05, 4.69) is 40.7 Å². The summed E-state index contributed by atoms with van der Waals surface area (Å²) in [4.78, 5) is 0. The van der Waals surface area contributed by atoms with Crippen LogP contribution in [0, 0.1) is 0 Å². The Morgan fingerprint density at radius 2 is 2.42 bits per heavy atom. The molecule has 0 aliphatic carbocycles. The molecule has 4 nitrogen and oxygen atoms in total. The Labute approximate surface area is 120 Å². The highest BCUT2D eigenvalue weighted by atomic mass is 32.2. The molecule has 1 aliphatic heterocycles. The summed E-state index contributed by atoms with van der Waals surface area (Å²) in [7, 11) is 1.74. The van der Waals surface area contributed by atoms with Crippen molar-refractivity contribution in [3.63, 3.8) is 0 Å². The molecule has 1 aromatic rings. The lowest BCUT2D eigenvalue weighted by atomic mass is 10.1. The van der Waals surface area contributed by atoms with Crippen molar-refractivity contribution < 1.29 is 4.74 Å². The maximum absolute atomic E-state index is 5.52. The number of nitrogens with one attached hydrogen (secondary N) is 1. The topological polar surface area (TPSA) is 39.1 Å². The van der Waals surface area contributed by atoms with E-state index in [0.717, 1.165) is 25.3 Å². The molecule has 0 saturated carbocycles. The number of ether oxygens (including phenoxy) is 1. The molecule has 2 unspecified atom stereocenters. The highest BCUT2D eigenvalue weighted by Crippen LogP contribution is 2.39. The van der Waals surface area contributed by atoms with Gasteiger partial charge in [-0.15, -0.1) is 0 Å². The van der Waals surface area contributed by atoms with Gasteiger partial charge in [0.15, 0.2) is 5.75 Å². The van der Waals surface area contributed by atoms with Crippen LogP contribution < -0.4 is 10.1 Å². The van der Waals surface area contributed by atoms with E-state index < -0.39 is 0 Å². The zero-order valence-electron chi connectivity index (χ0n) is 12.2. The van der Waals surface area contributed by atoms with Crippen molar-refractivity contribution in [2.24, 2.45) is 0 Å². The minimum absolute atomic E-state index is 0.352. The predicted octanol–water partition coefficient (Wildman–Crippen LogP) is 2.85. The largest absolute Gasteiger partial charge is 0.493 e. The van der Waals surface area contributed by atoms with Crippen LogP contribution >= 0.6 is 11.8 Å². The quantitative estimate of drug-likeness (QED) is 0.835. The molecule has 2 heterocycles. The zero-order valence-corrected chi connectivity index (χ0v) is 13.0. The number of aromatic nitrogens is 2. The van der Waals surface area contributed by atoms with Crippen LogP contribution in [0.1, 0.15) is 44.8 Å². The summed E-state index contributed by atoms with van der Waals surface area (Å²) in [6.45, 7) is 6.27. The van der Waals surface area contributed by atoms with Gasteiger partial charge in [0.2, 0.25) is 0 Å². The van der Waals surface area contributed by atoms with Crippen molar-refractivity contribution in [2.45, 2.75) is 50.9 Å². The fraction of sp³-hybridized carbons (Fsp3) is 0.786. The lowest BCUT2D eigenvalue weighted by molar-refractivity contribution is 0.386. The molecule has 108 valence electrons. The molecular weight excluding hydrogens is 258 g/mol. The fourth-order valence-corrected chi connectivity index (χ4v) is 4.06. The van der Waals surface area contributed by atoms with Gasteiger partial charge in [0.25, 0.3) is 0 Å². The monoisotopic (exact) mass is 283 g/mol. The van der Waals surface area contributed by atoms with Gasteiger partial charge in [0.1, 0.15) is 0 Å². The SMILES string of the molecule is CCCNC(c1c(OC)cnn1CC)C1CCCS1. The van der Waals surface area contributed by atoms with Gasteiger partial charge in [-0.05, 0) is 38.5 Å². The summed E-state index contributed by atoms with van der Waals surface area (Å²) >= 11 is 2.08. The standard InChI is InChI=1S/C14H25N3OS/c1-4-8-15-13(12-7-6-9-19-12)14-11(18-3)10-16-17(14)5-2/h10,12-13,15H,4-9H2,1-3H3. The van der Waals surface area contributed by atoms with Crippen molar-refractivity contribution in [3.8, 4) is 5.75 Å². The number of nitrogens with zero attached hydrogens (tertiary/aromatic N) is 2. The van der Waals surface area contributed by atoms with Crippen LogP contribution in [-0.2, 0) is 6.54 Å². The Bertz CT molecular complexity index is 367. The van der Waals surface area contributed by atoms with E-state index in [1.54, 1.807) is 7.11 Å². The lowest BCUT2D eigenvalue weighted by Crippen LogP contribution is -2.32. The minimum atomic E-state index is 0.352. The third-order valence-corrected chi connectivity index (χ3v) is 5.07. The first kappa shape index (κ1) is 14.7. The molecule has 1 aliphatic rings. The smallest absolute Gasteiger partial charge is 0.161 e. The molecule has 2 atom stereocenters. The zero-order chi connectivity index (χ0) is 13.7. The highest BCUT2D eigenvalue weighted by molar-refractivity contribution is 8.00. The number of rotatable bonds is 7. The van der Waals surface area contributed by atoms with Gasteiger partial charge in [-0.25, -0.2) is 0 Å². The Hall–Kier alpha value is -0.680. The molecule has 19 heavy (non-hydrogen) atoms. The molecular formula is C14H25N3OS. The summed E-state index contributed by atoms with van der Waals surface area (Å²) < 4.78 is 7.59. The highest BCUT2D eigenvalue weighted by Gasteiger charge is 2.31. The second-order valence-electron chi connectivity index (χ2n) is 4.90. The second-order valence-corrected chi connectivity index (χ2v) is 6.24. The molecule has 0 bridgehead atoms. The van der Waals surface area contributed by atoms with E-state index >= 15 is 0 Å². The van der Waals surface area contributed by atoms with Crippen LogP contribution in [0.15, 0.2) is 6.20 Å². The maximum Gasteiger partial charge on any atom is 0.161 e. The van der Waals surface area contributed by atoms with Crippen molar-refractivity contribution >= 4 is 11.8 Å². The van der Waals surface area contributed by atoms with Crippen molar-refractivity contribution in [2.75, 3.05) is 19.4 Å². The minimum Gasteiger partial charge on any atom is -0.493 e. The lowest BCUT2D eigenvalue weighted by Gasteiger charge is -2.25. The molecule has 1 fully saturated rings. The Morgan fingerprint density at radius 1 is 1.58 bits per heavy atom. The molecule has 1 saturated heterocycles. The molecule has 1 aromatic heterocycles. The molecule has 0 radical (unpaired) electrons. The average Bonchev–Trinajstić information content (AvgIpc) is 3.08. The fourth-order valence-electron chi connectivity index (χ4n) is 2.67. The van der Waals surface area contributed by atoms with Crippen LogP contribution in [0.25, 0.3) is 0 Å². The summed E-state index contributed by atoms with van der Waals surface area (Å²) in [5.41, 5.74) is 1.22. The van der Waals surface area contributed by atoms with E-state index in [0.29, 0.717) is 11.3 Å². The van der Waals surface area contributed by atoms with Gasteiger partial charge in [0.05, 0.1) is 25.0 Å². The van der Waals surface area contributed by atoms with E-state index in [1.165, 1.54) is 24.3 Å². The van der Waals surface area contributed by atoms with Gasteiger partial charge < -0.3 is 10.1 Å². The van der Waals surface area contributed by atoms with E-state index in [1.807, 2.05) is 6.20 Å². The van der Waals surface area contributed by atoms with Gasteiger partial charge >= 0.3 is 0 Å². The second kappa shape index (κ2) is 7.20. The normalized spacial score (nSPS) is 20.7. The Morgan fingerprint density at radius 3 is 3.00 bits per heavy atom. The number of aryl methyl sites for hydroxylation is 1. The Kier molecular flexibility index (Phi) is 5.58. The molecule has 0 aromatic carbocycles. The number of methoxy groups -OCH3 is 1. The first-order chi connectivity index (χ1) is 9.31. The van der Waals surface area contributed by atoms with Crippen molar-refractivity contribution in [3.05, 3.63) is 11.9 Å². The number of hydrogen-bond acceptors (Lipinski definition) is 4. The van der Waals surface area contributed by atoms with Crippen LogP contribution in [-0.4, -0.2) is 34.4 Å². The Balaban J connectivity index is 2.27. The van der Waals surface area contributed by atoms with Crippen LogP contribution in [0.5, 0.6) is 5.75 Å². The van der Waals surface area contributed by atoms with E-state index in [-0.39, 0.29) is 0 Å². The van der Waals surface area contributed by atoms with Gasteiger partial charge in [0, 0.05) is 11.8 Å². The van der Waals surface area contributed by atoms with Gasteiger partial charge in [-0.2, -0.15) is 16.9 Å². The number of thioether (sulfide) groups is 1. The van der Waals surface area contributed by atoms with Gasteiger partial charge in [-0.1, -0.05) is 6.92 Å². The molecule has 5 heteroatoms. The first-order valence-electron chi connectivity index (χ1n) is 7.26. The van der Waals surface area contributed by atoms with Crippen molar-refractivity contribution in [1.82, 2.24) is 15.1 Å². The summed E-state index contributed by atoms with van der Waals surface area (Å²) in [6.07, 6.45) is 5.60. The number of hydrogen-bond donors (Lipinski definition) is 1. The molecule has 0 amide bonds. The van der Waals surface area contributed by atoms with E-state index in [9.17, 15) is 0 Å². The van der Waals surface area contributed by atoms with Crippen LogP contribution in [0.4, 0.5) is 0 Å². The molecule has 2 rings (SSSR count). The maximum atomic E-state index is 5.52. The average molecular weight is 283 g/mol.